The Morgan fingerprint density at radius 1 is 1.06 bits per heavy atom. The molecule has 1 atom stereocenters. The van der Waals surface area contributed by atoms with Gasteiger partial charge in [-0.3, -0.25) is 9.69 Å². The monoisotopic (exact) mass is 467 g/mol. The molecule has 0 saturated carbocycles. The van der Waals surface area contributed by atoms with Crippen LogP contribution < -0.4 is 9.80 Å². The van der Waals surface area contributed by atoms with Crippen molar-refractivity contribution in [3.05, 3.63) is 36.3 Å². The molecular weight excluding hydrogens is 449 g/mol. The van der Waals surface area contributed by atoms with Gasteiger partial charge in [-0.15, -0.1) is 0 Å². The van der Waals surface area contributed by atoms with E-state index in [2.05, 4.69) is 20.1 Å². The van der Waals surface area contributed by atoms with Crippen molar-refractivity contribution in [3.8, 4) is 0 Å². The molecule has 2 saturated heterocycles. The topological polar surface area (TPSA) is 80.0 Å². The summed E-state index contributed by atoms with van der Waals surface area (Å²) in [4.78, 5) is 28.7. The Labute approximate surface area is 184 Å². The largest absolute Gasteiger partial charge is 0.433 e. The first-order valence-corrected chi connectivity index (χ1v) is 10.2. The van der Waals surface area contributed by atoms with Crippen molar-refractivity contribution >= 4 is 28.7 Å². The summed E-state index contributed by atoms with van der Waals surface area (Å²) in [6.07, 6.45) is -3.40. The number of halogens is 5. The van der Waals surface area contributed by atoms with E-state index < -0.39 is 30.3 Å². The van der Waals surface area contributed by atoms with Gasteiger partial charge in [-0.2, -0.15) is 18.3 Å². The predicted octanol–water partition coefficient (Wildman–Crippen LogP) is 3.14. The number of rotatable bonds is 4. The molecule has 5 heterocycles. The van der Waals surface area contributed by atoms with Gasteiger partial charge in [0.25, 0.3) is 6.43 Å². The molecule has 33 heavy (non-hydrogen) atoms. The van der Waals surface area contributed by atoms with Crippen LogP contribution in [0, 0.1) is 5.41 Å². The van der Waals surface area contributed by atoms with Gasteiger partial charge in [-0.1, -0.05) is 6.07 Å². The van der Waals surface area contributed by atoms with E-state index in [-0.39, 0.29) is 23.9 Å². The molecule has 0 aliphatic carbocycles. The first-order valence-electron chi connectivity index (χ1n) is 10.2. The van der Waals surface area contributed by atoms with E-state index in [1.807, 2.05) is 4.90 Å². The van der Waals surface area contributed by atoms with Gasteiger partial charge in [0, 0.05) is 19.6 Å². The maximum atomic E-state index is 13.3. The predicted molar refractivity (Wildman–Crippen MR) is 107 cm³/mol. The number of carbonyl (C=O) groups excluding carboxylic acids is 1. The number of fused-ring (bicyclic) bond motifs is 1. The lowest BCUT2D eigenvalue weighted by atomic mass is 9.85. The van der Waals surface area contributed by atoms with Crippen LogP contribution in [0.3, 0.4) is 0 Å². The van der Waals surface area contributed by atoms with E-state index in [1.165, 1.54) is 29.4 Å². The van der Waals surface area contributed by atoms with Crippen molar-refractivity contribution in [3.63, 3.8) is 0 Å². The Kier molecular flexibility index (Phi) is 4.94. The van der Waals surface area contributed by atoms with Gasteiger partial charge in [0.05, 0.1) is 17.8 Å². The normalized spacial score (nSPS) is 21.3. The van der Waals surface area contributed by atoms with E-state index in [0.717, 1.165) is 10.7 Å². The molecule has 5 rings (SSSR count). The highest BCUT2D eigenvalue weighted by Crippen LogP contribution is 2.43. The maximum Gasteiger partial charge on any atom is 0.433 e. The van der Waals surface area contributed by atoms with Gasteiger partial charge < -0.3 is 4.90 Å². The summed E-state index contributed by atoms with van der Waals surface area (Å²) in [6.45, 7) is 0.416. The van der Waals surface area contributed by atoms with Crippen molar-refractivity contribution in [2.24, 2.45) is 5.41 Å². The number of nitrogens with zero attached hydrogens (tertiary/aromatic N) is 7. The summed E-state index contributed by atoms with van der Waals surface area (Å²) in [5, 5.41) is 3.90. The number of amides is 1. The minimum absolute atomic E-state index is 0.0257. The summed E-state index contributed by atoms with van der Waals surface area (Å²) in [6, 6.07) is 3.49. The third-order valence-electron chi connectivity index (χ3n) is 6.14. The maximum absolute atomic E-state index is 13.3. The number of alkyl halides is 5. The van der Waals surface area contributed by atoms with Gasteiger partial charge in [-0.05, 0) is 25.0 Å². The van der Waals surface area contributed by atoms with Crippen LogP contribution in [0.2, 0.25) is 0 Å². The lowest BCUT2D eigenvalue weighted by Gasteiger charge is -2.24. The van der Waals surface area contributed by atoms with Crippen molar-refractivity contribution in [2.45, 2.75) is 32.0 Å². The van der Waals surface area contributed by atoms with E-state index in [1.54, 1.807) is 0 Å². The molecule has 2 aliphatic rings. The third kappa shape index (κ3) is 3.74. The van der Waals surface area contributed by atoms with Gasteiger partial charge in [0.15, 0.2) is 5.65 Å². The van der Waals surface area contributed by atoms with Crippen molar-refractivity contribution < 1.29 is 26.7 Å². The number of pyridine rings is 1. The Bertz CT molecular complexity index is 1210. The Morgan fingerprint density at radius 2 is 1.85 bits per heavy atom. The quantitative estimate of drug-likeness (QED) is 0.549. The standard InChI is InChI=1S/C20H18F5N7O/c21-14(22)10-32-17-12(8-27-32)26-9-16(29-17)30-6-4-19(11-30)5-7-31(18(19)33)15-3-1-2-13(28-15)20(23,24)25/h1-3,8-9,14H,4-7,10-11H2. The van der Waals surface area contributed by atoms with Gasteiger partial charge >= 0.3 is 6.18 Å². The summed E-state index contributed by atoms with van der Waals surface area (Å²) in [5.41, 5.74) is -1.23. The smallest absolute Gasteiger partial charge is 0.354 e. The lowest BCUT2D eigenvalue weighted by Crippen LogP contribution is -2.37. The SMILES string of the molecule is O=C1N(c2cccc(C(F)(F)F)n2)CCC12CCN(c1cnc3cnn(CC(F)F)c3n1)C2. The van der Waals surface area contributed by atoms with Crippen molar-refractivity contribution in [1.29, 1.82) is 0 Å². The molecule has 174 valence electrons. The van der Waals surface area contributed by atoms with Gasteiger partial charge in [0.2, 0.25) is 5.91 Å². The van der Waals surface area contributed by atoms with Crippen LogP contribution >= 0.6 is 0 Å². The molecule has 2 fully saturated rings. The molecule has 2 aliphatic heterocycles. The third-order valence-corrected chi connectivity index (χ3v) is 6.14. The van der Waals surface area contributed by atoms with E-state index in [4.69, 9.17) is 0 Å². The molecule has 3 aromatic rings. The summed E-state index contributed by atoms with van der Waals surface area (Å²) in [7, 11) is 0. The molecule has 3 aromatic heterocycles. The fraction of sp³-hybridized carbons (Fsp3) is 0.450. The van der Waals surface area contributed by atoms with E-state index >= 15 is 0 Å². The van der Waals surface area contributed by atoms with Crippen molar-refractivity contribution in [1.82, 2.24) is 24.7 Å². The summed E-state index contributed by atoms with van der Waals surface area (Å²) >= 11 is 0. The highest BCUT2D eigenvalue weighted by Gasteiger charge is 2.52. The highest BCUT2D eigenvalue weighted by atomic mass is 19.4. The van der Waals surface area contributed by atoms with Gasteiger partial charge in [-0.25, -0.2) is 28.4 Å². The zero-order valence-corrected chi connectivity index (χ0v) is 17.1. The Morgan fingerprint density at radius 3 is 2.61 bits per heavy atom. The molecule has 0 N–H and O–H groups in total. The minimum atomic E-state index is -4.60. The van der Waals surface area contributed by atoms with Crippen LogP contribution in [0.25, 0.3) is 11.2 Å². The first kappa shape index (κ1) is 21.5. The molecule has 1 amide bonds. The number of aromatic nitrogens is 5. The zero-order valence-electron chi connectivity index (χ0n) is 17.1. The minimum Gasteiger partial charge on any atom is -0.354 e. The number of anilines is 2. The summed E-state index contributed by atoms with van der Waals surface area (Å²) < 4.78 is 65.8. The number of carbonyl (C=O) groups is 1. The molecule has 1 spiro atoms. The summed E-state index contributed by atoms with van der Waals surface area (Å²) in [5.74, 6) is 0.120. The molecule has 0 aromatic carbocycles. The molecule has 0 bridgehead atoms. The zero-order chi connectivity index (χ0) is 23.4. The van der Waals surface area contributed by atoms with Crippen LogP contribution in [-0.2, 0) is 17.5 Å². The Hall–Kier alpha value is -3.38. The number of hydrogen-bond acceptors (Lipinski definition) is 6. The van der Waals surface area contributed by atoms with Crippen molar-refractivity contribution in [2.75, 3.05) is 29.4 Å². The average molecular weight is 467 g/mol. The molecule has 8 nitrogen and oxygen atoms in total. The second-order valence-corrected chi connectivity index (χ2v) is 8.19. The first-order chi connectivity index (χ1) is 15.7. The van der Waals surface area contributed by atoms with Crippen LogP contribution in [0.1, 0.15) is 18.5 Å². The van der Waals surface area contributed by atoms with Gasteiger partial charge in [0.1, 0.15) is 29.4 Å². The fourth-order valence-electron chi connectivity index (χ4n) is 4.47. The van der Waals surface area contributed by atoms with E-state index in [0.29, 0.717) is 37.3 Å². The lowest BCUT2D eigenvalue weighted by molar-refractivity contribution is -0.141. The second kappa shape index (κ2) is 7.59. The van der Waals surface area contributed by atoms with Crippen LogP contribution in [0.15, 0.2) is 30.6 Å². The molecule has 0 radical (unpaired) electrons. The fourth-order valence-corrected chi connectivity index (χ4v) is 4.47. The van der Waals surface area contributed by atoms with Crippen LogP contribution in [0.5, 0.6) is 0 Å². The highest BCUT2D eigenvalue weighted by molar-refractivity contribution is 6.00. The van der Waals surface area contributed by atoms with Crippen LogP contribution in [-0.4, -0.2) is 56.7 Å². The Balaban J connectivity index is 1.37. The second-order valence-electron chi connectivity index (χ2n) is 8.19. The van der Waals surface area contributed by atoms with Crippen LogP contribution in [0.4, 0.5) is 33.6 Å². The molecule has 1 unspecified atom stereocenters. The average Bonchev–Trinajstić information content (AvgIpc) is 3.46. The molecular formula is C20H18F5N7O. The number of hydrogen-bond donors (Lipinski definition) is 0. The molecule has 13 heteroatoms. The van der Waals surface area contributed by atoms with E-state index in [9.17, 15) is 26.7 Å².